The molecule has 6 heterocycles. The molecule has 0 aliphatic carbocycles. The predicted molar refractivity (Wildman–Crippen MR) is 394 cm³/mol. The van der Waals surface area contributed by atoms with Crippen LogP contribution in [0.4, 0.5) is 0 Å². The Kier molecular flexibility index (Phi) is 9.90. The quantitative estimate of drug-likeness (QED) is 0.157. The zero-order valence-electron chi connectivity index (χ0n) is 51.3. The lowest BCUT2D eigenvalue weighted by molar-refractivity contribution is 0.869. The van der Waals surface area contributed by atoms with Crippen molar-refractivity contribution in [2.24, 2.45) is 0 Å². The van der Waals surface area contributed by atoms with Gasteiger partial charge in [0.15, 0.2) is 0 Å². The molecular weight excluding hydrogens is 1110 g/mol. The van der Waals surface area contributed by atoms with Crippen molar-refractivity contribution in [1.29, 1.82) is 0 Å². The summed E-state index contributed by atoms with van der Waals surface area (Å²) in [6.07, 6.45) is 0. The third-order valence-electron chi connectivity index (χ3n) is 21.2. The van der Waals surface area contributed by atoms with E-state index in [4.69, 9.17) is 0 Å². The van der Waals surface area contributed by atoms with Crippen molar-refractivity contribution in [3.05, 3.63) is 284 Å². The molecule has 0 fully saturated rings. The van der Waals surface area contributed by atoms with Crippen molar-refractivity contribution in [2.45, 2.75) is 33.6 Å². The Balaban J connectivity index is 0.789. The predicted octanol–water partition coefficient (Wildman–Crippen LogP) is 24.7. The molecular formula is C89H57N3. The normalized spacial score (nSPS) is 12.7. The van der Waals surface area contributed by atoms with Gasteiger partial charge < -0.3 is 13.2 Å². The van der Waals surface area contributed by atoms with Gasteiger partial charge in [-0.3, -0.25) is 0 Å². The molecule has 92 heavy (non-hydrogen) atoms. The van der Waals surface area contributed by atoms with Crippen LogP contribution >= 0.6 is 0 Å². The molecule has 0 saturated carbocycles. The second-order valence-electron chi connectivity index (χ2n) is 26.6. The number of hydrogen-bond donors (Lipinski definition) is 0. The summed E-state index contributed by atoms with van der Waals surface area (Å²) < 4.78 is 7.65. The molecule has 0 N–H and O–H groups in total. The van der Waals surface area contributed by atoms with Crippen LogP contribution in [0, 0.1) is 13.8 Å². The largest absolute Gasteiger partial charge is 0.308 e. The van der Waals surface area contributed by atoms with Crippen LogP contribution in [-0.4, -0.2) is 13.2 Å². The van der Waals surface area contributed by atoms with Crippen LogP contribution in [0.5, 0.6) is 0 Å². The number of rotatable bonds is 6. The number of nitrogens with zero attached hydrogens (tertiary/aromatic N) is 3. The first-order valence-corrected chi connectivity index (χ1v) is 32.5. The van der Waals surface area contributed by atoms with Gasteiger partial charge in [-0.25, -0.2) is 0 Å². The fraction of sp³-hybridized carbons (Fsp3) is 0.0562. The van der Waals surface area contributed by atoms with Gasteiger partial charge in [0.1, 0.15) is 0 Å². The van der Waals surface area contributed by atoms with Crippen LogP contribution in [-0.2, 0) is 0 Å². The third kappa shape index (κ3) is 6.63. The Morgan fingerprint density at radius 1 is 0.228 bits per heavy atom. The van der Waals surface area contributed by atoms with Crippen molar-refractivity contribution >= 4 is 147 Å². The smallest absolute Gasteiger partial charge is 0.0621 e. The standard InChI is InChI=1S/C89H57N3/c1-49(2)54-28-33-79-72(42-54)74-45-59(62-21-12-23-67-65(62)31-37-82-85(67)70-26-14-25-69-71-44-56(30-35-78(71)90(82)87(69)70)61-19-11-10-18-60(61)52-15-6-5-7-16-52)48-77-86-68-24-13-22-63(66(68)32-38-83(86)92(79)89(74)77)58-46-75-73-43-55(57-40-50(3)39-51(4)41-57)29-34-80(73)91-81-36-27-53-17-8-9-20-64(53)84(81)76(47-58)88(75)91/h5-49H,1-4H3. The Bertz CT molecular complexity index is 6760. The van der Waals surface area contributed by atoms with Crippen LogP contribution in [0.3, 0.4) is 0 Å². The van der Waals surface area contributed by atoms with Crippen molar-refractivity contribution in [3.63, 3.8) is 0 Å². The molecule has 0 aliphatic rings. The maximum Gasteiger partial charge on any atom is 0.0621 e. The third-order valence-corrected chi connectivity index (χ3v) is 21.2. The van der Waals surface area contributed by atoms with E-state index >= 15 is 0 Å². The van der Waals surface area contributed by atoms with Gasteiger partial charge in [0.05, 0.1) is 49.7 Å². The van der Waals surface area contributed by atoms with Crippen LogP contribution in [0.1, 0.15) is 36.5 Å². The highest BCUT2D eigenvalue weighted by atomic mass is 14.9. The molecule has 3 heteroatoms. The molecule has 0 amide bonds. The van der Waals surface area contributed by atoms with E-state index in [0.29, 0.717) is 5.92 Å². The Morgan fingerprint density at radius 3 is 1.32 bits per heavy atom. The molecule has 6 aromatic heterocycles. The van der Waals surface area contributed by atoms with E-state index in [-0.39, 0.29) is 0 Å². The van der Waals surface area contributed by atoms with Crippen molar-refractivity contribution in [2.75, 3.05) is 0 Å². The molecule has 0 aliphatic heterocycles. The first kappa shape index (κ1) is 50.4. The second kappa shape index (κ2) is 18.1. The van der Waals surface area contributed by atoms with E-state index in [9.17, 15) is 0 Å². The SMILES string of the molecule is Cc1cc(C)cc(-c2ccc3c(c2)c2cc(-c4cccc5c4ccc4c5c5cc(-c6cccc7c6ccc6c7c7cccc8c9cc(-c%10ccccc%10-c%10ccccc%10)ccc9n6c87)cc6c7cc(C(C)C)ccc7n4c65)cc4c5c6ccccc6ccc5n3c24)c1. The van der Waals surface area contributed by atoms with Gasteiger partial charge in [0.25, 0.3) is 0 Å². The lowest BCUT2D eigenvalue weighted by Crippen LogP contribution is -1.88. The minimum atomic E-state index is 0.394. The number of hydrogen-bond acceptors (Lipinski definition) is 0. The molecule has 21 rings (SSSR count). The monoisotopic (exact) mass is 1170 g/mol. The van der Waals surface area contributed by atoms with E-state index in [1.807, 2.05) is 0 Å². The minimum Gasteiger partial charge on any atom is -0.308 e. The highest BCUT2D eigenvalue weighted by Crippen LogP contribution is 2.51. The zero-order chi connectivity index (χ0) is 60.5. The fourth-order valence-electron chi connectivity index (χ4n) is 17.3. The highest BCUT2D eigenvalue weighted by molar-refractivity contribution is 6.34. The lowest BCUT2D eigenvalue weighted by Gasteiger charge is -2.12. The molecule has 15 aromatic carbocycles. The Morgan fingerprint density at radius 2 is 0.663 bits per heavy atom. The van der Waals surface area contributed by atoms with E-state index in [1.54, 1.807) is 0 Å². The molecule has 0 radical (unpaired) electrons. The van der Waals surface area contributed by atoms with Crippen LogP contribution in [0.25, 0.3) is 202 Å². The van der Waals surface area contributed by atoms with Crippen LogP contribution in [0.15, 0.2) is 267 Å². The minimum absolute atomic E-state index is 0.394. The van der Waals surface area contributed by atoms with Gasteiger partial charge in [-0.1, -0.05) is 213 Å². The molecule has 0 saturated heterocycles. The average Bonchev–Trinajstić information content (AvgIpc) is 1.54. The zero-order valence-corrected chi connectivity index (χ0v) is 51.3. The number of para-hydroxylation sites is 1. The fourth-order valence-corrected chi connectivity index (χ4v) is 17.3. The van der Waals surface area contributed by atoms with Crippen LogP contribution < -0.4 is 0 Å². The van der Waals surface area contributed by atoms with Gasteiger partial charge >= 0.3 is 0 Å². The van der Waals surface area contributed by atoms with Gasteiger partial charge in [0.2, 0.25) is 0 Å². The van der Waals surface area contributed by atoms with Gasteiger partial charge in [-0.05, 0) is 192 Å². The summed E-state index contributed by atoms with van der Waals surface area (Å²) in [4.78, 5) is 0. The summed E-state index contributed by atoms with van der Waals surface area (Å²) in [6, 6.07) is 102. The molecule has 0 spiro atoms. The van der Waals surface area contributed by atoms with Crippen molar-refractivity contribution in [3.8, 4) is 55.6 Å². The molecule has 3 nitrogen and oxygen atoms in total. The van der Waals surface area contributed by atoms with Crippen LogP contribution in [0.2, 0.25) is 0 Å². The average molecular weight is 1170 g/mol. The highest BCUT2D eigenvalue weighted by Gasteiger charge is 2.27. The molecule has 21 aromatic rings. The number of aryl methyl sites for hydroxylation is 2. The van der Waals surface area contributed by atoms with E-state index in [0.717, 1.165) is 0 Å². The molecule has 428 valence electrons. The van der Waals surface area contributed by atoms with E-state index in [2.05, 4.69) is 308 Å². The summed E-state index contributed by atoms with van der Waals surface area (Å²) >= 11 is 0. The summed E-state index contributed by atoms with van der Waals surface area (Å²) in [5.41, 5.74) is 27.6. The summed E-state index contributed by atoms with van der Waals surface area (Å²) in [5, 5.41) is 23.1. The number of fused-ring (bicyclic) bond motifs is 24. The molecule has 0 unspecified atom stereocenters. The number of benzene rings is 15. The van der Waals surface area contributed by atoms with Gasteiger partial charge in [-0.2, -0.15) is 0 Å². The van der Waals surface area contributed by atoms with E-state index in [1.165, 1.54) is 219 Å². The number of aromatic nitrogens is 3. The Labute approximate surface area is 529 Å². The summed E-state index contributed by atoms with van der Waals surface area (Å²) in [7, 11) is 0. The molecule has 0 atom stereocenters. The van der Waals surface area contributed by atoms with Crippen molar-refractivity contribution in [1.82, 2.24) is 13.2 Å². The maximum absolute atomic E-state index is 2.58. The maximum atomic E-state index is 2.58. The summed E-state index contributed by atoms with van der Waals surface area (Å²) in [6.45, 7) is 9.04. The van der Waals surface area contributed by atoms with Crippen molar-refractivity contribution < 1.29 is 0 Å². The first-order valence-electron chi connectivity index (χ1n) is 32.5. The topological polar surface area (TPSA) is 13.2 Å². The van der Waals surface area contributed by atoms with Gasteiger partial charge in [0, 0.05) is 64.6 Å². The summed E-state index contributed by atoms with van der Waals surface area (Å²) in [5.74, 6) is 0.394. The lowest BCUT2D eigenvalue weighted by atomic mass is 9.91. The molecule has 0 bridgehead atoms. The Hall–Kier alpha value is -11.5. The first-order chi connectivity index (χ1) is 45.3. The van der Waals surface area contributed by atoms with E-state index < -0.39 is 0 Å². The van der Waals surface area contributed by atoms with Gasteiger partial charge in [-0.15, -0.1) is 0 Å². The second-order valence-corrected chi connectivity index (χ2v) is 26.6.